The number of ether oxygens (including phenoxy) is 1. The fourth-order valence-electron chi connectivity index (χ4n) is 2.61. The Morgan fingerprint density at radius 2 is 1.95 bits per heavy atom. The second-order valence-corrected chi connectivity index (χ2v) is 5.38. The van der Waals surface area contributed by atoms with Crippen LogP contribution in [0.3, 0.4) is 0 Å². The predicted octanol–water partition coefficient (Wildman–Crippen LogP) is 3.04. The Bertz CT molecular complexity index is 496. The Kier molecular flexibility index (Phi) is 4.83. The molecule has 0 unspecified atom stereocenters. The van der Waals surface area contributed by atoms with Gasteiger partial charge >= 0.3 is 12.1 Å². The Hall–Kier alpha value is -2.04. The van der Waals surface area contributed by atoms with Gasteiger partial charge in [-0.2, -0.15) is 0 Å². The topological polar surface area (TPSA) is 66.8 Å². The quantitative estimate of drug-likeness (QED) is 0.874. The molecule has 0 aromatic heterocycles. The van der Waals surface area contributed by atoms with Crippen molar-refractivity contribution in [3.63, 3.8) is 0 Å². The van der Waals surface area contributed by atoms with Crippen molar-refractivity contribution in [3.05, 3.63) is 35.9 Å². The van der Waals surface area contributed by atoms with Crippen LogP contribution in [0.1, 0.15) is 38.2 Å². The second kappa shape index (κ2) is 6.61. The smallest absolute Gasteiger partial charge is 0.411 e. The van der Waals surface area contributed by atoms with Gasteiger partial charge in [0.1, 0.15) is 12.1 Å². The number of aliphatic carboxylic acids is 1. The zero-order chi connectivity index (χ0) is 15.3. The Morgan fingerprint density at radius 3 is 2.43 bits per heavy atom. The van der Waals surface area contributed by atoms with Crippen LogP contribution in [-0.4, -0.2) is 34.2 Å². The molecule has 21 heavy (non-hydrogen) atoms. The van der Waals surface area contributed by atoms with Gasteiger partial charge in [0.25, 0.3) is 0 Å². The Morgan fingerprint density at radius 1 is 1.29 bits per heavy atom. The lowest BCUT2D eigenvalue weighted by Crippen LogP contribution is -2.61. The van der Waals surface area contributed by atoms with Gasteiger partial charge in [-0.25, -0.2) is 9.59 Å². The summed E-state index contributed by atoms with van der Waals surface area (Å²) in [6.07, 6.45) is 2.00. The fourth-order valence-corrected chi connectivity index (χ4v) is 2.61. The number of carbonyl (C=O) groups is 2. The molecule has 114 valence electrons. The highest BCUT2D eigenvalue weighted by Crippen LogP contribution is 2.38. The van der Waals surface area contributed by atoms with E-state index in [4.69, 9.17) is 4.74 Å². The molecule has 5 heteroatoms. The number of rotatable bonds is 6. The highest BCUT2D eigenvalue weighted by atomic mass is 16.6. The molecule has 1 saturated carbocycles. The molecule has 1 amide bonds. The third-order valence-corrected chi connectivity index (χ3v) is 3.97. The molecule has 1 fully saturated rings. The van der Waals surface area contributed by atoms with E-state index in [-0.39, 0.29) is 6.61 Å². The molecule has 2 rings (SSSR count). The normalized spacial score (nSPS) is 15.9. The van der Waals surface area contributed by atoms with Gasteiger partial charge in [-0.1, -0.05) is 37.3 Å². The number of carbonyl (C=O) groups excluding carboxylic acids is 1. The molecular formula is C16H21NO4. The summed E-state index contributed by atoms with van der Waals surface area (Å²) in [6.45, 7) is 2.49. The van der Waals surface area contributed by atoms with Crippen molar-refractivity contribution >= 4 is 12.1 Å². The van der Waals surface area contributed by atoms with E-state index in [9.17, 15) is 14.7 Å². The maximum atomic E-state index is 12.3. The molecule has 1 aliphatic carbocycles. The first kappa shape index (κ1) is 15.4. The van der Waals surface area contributed by atoms with Gasteiger partial charge in [0.15, 0.2) is 0 Å². The molecule has 0 saturated heterocycles. The lowest BCUT2D eigenvalue weighted by atomic mass is 9.75. The minimum atomic E-state index is -1.07. The number of amides is 1. The average molecular weight is 291 g/mol. The first-order valence-corrected chi connectivity index (χ1v) is 7.32. The van der Waals surface area contributed by atoms with E-state index in [1.54, 1.807) is 0 Å². The van der Waals surface area contributed by atoms with Crippen molar-refractivity contribution in [2.45, 2.75) is 44.8 Å². The fraction of sp³-hybridized carbons (Fsp3) is 0.500. The molecule has 1 aromatic rings. The largest absolute Gasteiger partial charge is 0.479 e. The summed E-state index contributed by atoms with van der Waals surface area (Å²) in [6, 6.07) is 9.37. The Labute approximate surface area is 124 Å². The van der Waals surface area contributed by atoms with E-state index in [2.05, 4.69) is 0 Å². The number of carboxylic acids is 1. The number of benzene rings is 1. The van der Waals surface area contributed by atoms with Crippen molar-refractivity contribution in [2.75, 3.05) is 6.54 Å². The van der Waals surface area contributed by atoms with Crippen molar-refractivity contribution in [2.24, 2.45) is 0 Å². The summed E-state index contributed by atoms with van der Waals surface area (Å²) in [5.41, 5.74) is -0.177. The summed E-state index contributed by atoms with van der Waals surface area (Å²) in [5, 5.41) is 9.47. The highest BCUT2D eigenvalue weighted by Gasteiger charge is 2.51. The molecule has 1 N–H and O–H groups in total. The summed E-state index contributed by atoms with van der Waals surface area (Å²) < 4.78 is 5.30. The van der Waals surface area contributed by atoms with E-state index < -0.39 is 17.6 Å². The van der Waals surface area contributed by atoms with Crippen molar-refractivity contribution in [1.82, 2.24) is 4.90 Å². The van der Waals surface area contributed by atoms with Gasteiger partial charge in [0, 0.05) is 6.54 Å². The van der Waals surface area contributed by atoms with Crippen molar-refractivity contribution in [3.8, 4) is 0 Å². The molecule has 0 radical (unpaired) electrons. The molecule has 0 spiro atoms. The number of hydrogen-bond acceptors (Lipinski definition) is 3. The van der Waals surface area contributed by atoms with Crippen molar-refractivity contribution in [1.29, 1.82) is 0 Å². The molecule has 0 heterocycles. The molecular weight excluding hydrogens is 270 g/mol. The third-order valence-electron chi connectivity index (χ3n) is 3.97. The van der Waals surface area contributed by atoms with Gasteiger partial charge in [0.2, 0.25) is 0 Å². The molecule has 0 bridgehead atoms. The van der Waals surface area contributed by atoms with Crippen LogP contribution in [-0.2, 0) is 16.1 Å². The second-order valence-electron chi connectivity index (χ2n) is 5.38. The van der Waals surface area contributed by atoms with Gasteiger partial charge in [-0.3, -0.25) is 4.90 Å². The number of carboxylic acid groups (broad SMARTS) is 1. The van der Waals surface area contributed by atoms with Crippen LogP contribution in [0.5, 0.6) is 0 Å². The van der Waals surface area contributed by atoms with E-state index in [0.29, 0.717) is 25.8 Å². The lowest BCUT2D eigenvalue weighted by molar-refractivity contribution is -0.156. The van der Waals surface area contributed by atoms with E-state index >= 15 is 0 Å². The zero-order valence-corrected chi connectivity index (χ0v) is 12.2. The van der Waals surface area contributed by atoms with Crippen LogP contribution in [0.15, 0.2) is 30.3 Å². The lowest BCUT2D eigenvalue weighted by Gasteiger charge is -2.45. The summed E-state index contributed by atoms with van der Waals surface area (Å²) in [5.74, 6) is -0.932. The van der Waals surface area contributed by atoms with Gasteiger partial charge in [-0.05, 0) is 31.2 Å². The molecule has 5 nitrogen and oxygen atoms in total. The van der Waals surface area contributed by atoms with E-state index in [0.717, 1.165) is 12.0 Å². The highest BCUT2D eigenvalue weighted by molar-refractivity contribution is 5.85. The minimum absolute atomic E-state index is 0.162. The first-order valence-electron chi connectivity index (χ1n) is 7.32. The average Bonchev–Trinajstić information content (AvgIpc) is 2.43. The third kappa shape index (κ3) is 3.17. The van der Waals surface area contributed by atoms with E-state index in [1.165, 1.54) is 4.90 Å². The Balaban J connectivity index is 2.04. The van der Waals surface area contributed by atoms with Crippen LogP contribution in [0, 0.1) is 0 Å². The van der Waals surface area contributed by atoms with Crippen molar-refractivity contribution < 1.29 is 19.4 Å². The molecule has 1 aliphatic rings. The summed E-state index contributed by atoms with van der Waals surface area (Å²) in [7, 11) is 0. The van der Waals surface area contributed by atoms with Crippen LogP contribution < -0.4 is 0 Å². The minimum Gasteiger partial charge on any atom is -0.479 e. The molecule has 0 aliphatic heterocycles. The van der Waals surface area contributed by atoms with Crippen LogP contribution in [0.25, 0.3) is 0 Å². The van der Waals surface area contributed by atoms with Crippen LogP contribution >= 0.6 is 0 Å². The van der Waals surface area contributed by atoms with Crippen LogP contribution in [0.2, 0.25) is 0 Å². The first-order chi connectivity index (χ1) is 10.1. The standard InChI is InChI=1S/C16H21NO4/c1-2-11-17(16(14(18)19)9-6-10-16)15(20)21-12-13-7-4-3-5-8-13/h3-5,7-8H,2,6,9-12H2,1H3,(H,18,19). The summed E-state index contributed by atoms with van der Waals surface area (Å²) in [4.78, 5) is 25.2. The molecule has 1 aromatic carbocycles. The molecule has 0 atom stereocenters. The maximum Gasteiger partial charge on any atom is 0.411 e. The van der Waals surface area contributed by atoms with Gasteiger partial charge in [0.05, 0.1) is 0 Å². The van der Waals surface area contributed by atoms with Crippen LogP contribution in [0.4, 0.5) is 4.79 Å². The number of nitrogens with zero attached hydrogens (tertiary/aromatic N) is 1. The van der Waals surface area contributed by atoms with Gasteiger partial charge in [-0.15, -0.1) is 0 Å². The van der Waals surface area contributed by atoms with E-state index in [1.807, 2.05) is 37.3 Å². The maximum absolute atomic E-state index is 12.3. The monoisotopic (exact) mass is 291 g/mol. The number of hydrogen-bond donors (Lipinski definition) is 1. The van der Waals surface area contributed by atoms with Gasteiger partial charge < -0.3 is 9.84 Å². The SMILES string of the molecule is CCCN(C(=O)OCc1ccccc1)C1(C(=O)O)CCC1. The predicted molar refractivity (Wildman–Crippen MR) is 77.8 cm³/mol. The zero-order valence-electron chi connectivity index (χ0n) is 12.2. The summed E-state index contributed by atoms with van der Waals surface area (Å²) >= 11 is 0.